The zero-order valence-corrected chi connectivity index (χ0v) is 17.8. The van der Waals surface area contributed by atoms with Crippen molar-refractivity contribution < 1.29 is 14.6 Å². The van der Waals surface area contributed by atoms with Gasteiger partial charge in [0, 0.05) is 18.8 Å². The highest BCUT2D eigenvalue weighted by Crippen LogP contribution is 2.36. The second kappa shape index (κ2) is 8.41. The van der Waals surface area contributed by atoms with Gasteiger partial charge in [-0.1, -0.05) is 49.7 Å². The lowest BCUT2D eigenvalue weighted by Gasteiger charge is -2.20. The van der Waals surface area contributed by atoms with Gasteiger partial charge in [-0.25, -0.2) is 4.79 Å². The van der Waals surface area contributed by atoms with Crippen LogP contribution in [0.1, 0.15) is 46.8 Å². The molecule has 0 bridgehead atoms. The fraction of sp³-hybridized carbons (Fsp3) is 0.240. The van der Waals surface area contributed by atoms with Gasteiger partial charge in [-0.15, -0.1) is 0 Å². The van der Waals surface area contributed by atoms with Crippen molar-refractivity contribution >= 4 is 23.3 Å². The molecule has 3 aromatic rings. The summed E-state index contributed by atoms with van der Waals surface area (Å²) < 4.78 is 5.91. The molecule has 0 aliphatic carbocycles. The number of hydrogen-bond acceptors (Lipinski definition) is 3. The average Bonchev–Trinajstić information content (AvgIpc) is 3.11. The number of carbonyl (C=O) groups is 1. The van der Waals surface area contributed by atoms with Gasteiger partial charge in [0.2, 0.25) is 0 Å². The van der Waals surface area contributed by atoms with E-state index >= 15 is 0 Å². The Morgan fingerprint density at radius 2 is 1.87 bits per heavy atom. The normalized spacial score (nSPS) is 12.9. The van der Waals surface area contributed by atoms with Crippen molar-refractivity contribution in [2.45, 2.75) is 32.7 Å². The van der Waals surface area contributed by atoms with Gasteiger partial charge in [0.15, 0.2) is 0 Å². The maximum absolute atomic E-state index is 11.1. The number of ether oxygens (including phenoxy) is 1. The molecule has 0 aromatic heterocycles. The Morgan fingerprint density at radius 3 is 2.53 bits per heavy atom. The first-order valence-corrected chi connectivity index (χ1v) is 10.5. The zero-order valence-electron chi connectivity index (χ0n) is 17.1. The Kier molecular flexibility index (Phi) is 5.69. The summed E-state index contributed by atoms with van der Waals surface area (Å²) in [5.41, 5.74) is 5.26. The third kappa shape index (κ3) is 4.29. The molecule has 0 fully saturated rings. The number of aromatic carboxylic acids is 1. The van der Waals surface area contributed by atoms with E-state index in [-0.39, 0.29) is 10.6 Å². The lowest BCUT2D eigenvalue weighted by molar-refractivity contribution is 0.0697. The van der Waals surface area contributed by atoms with Crippen molar-refractivity contribution in [3.63, 3.8) is 0 Å². The van der Waals surface area contributed by atoms with Crippen LogP contribution in [0.2, 0.25) is 5.02 Å². The molecule has 0 radical (unpaired) electrons. The number of benzene rings is 3. The standard InChI is InChI=1S/C25H24ClNO3/c1-16(2)18-5-3-17(4-6-18)15-27-12-11-19-13-21(8-9-23(19)27)30-24-10-7-20(25(28)29)14-22(24)26/h3-10,13-14,16H,11-12,15H2,1-2H3,(H,28,29). The first-order chi connectivity index (χ1) is 14.4. The second-order valence-electron chi connectivity index (χ2n) is 7.91. The number of rotatable bonds is 6. The van der Waals surface area contributed by atoms with Crippen molar-refractivity contribution in [3.05, 3.63) is 87.9 Å². The highest BCUT2D eigenvalue weighted by Gasteiger charge is 2.20. The van der Waals surface area contributed by atoms with Crippen LogP contribution in [0.25, 0.3) is 0 Å². The smallest absolute Gasteiger partial charge is 0.335 e. The molecule has 4 rings (SSSR count). The Labute approximate surface area is 181 Å². The predicted molar refractivity (Wildman–Crippen MR) is 120 cm³/mol. The summed E-state index contributed by atoms with van der Waals surface area (Å²) in [4.78, 5) is 13.4. The summed E-state index contributed by atoms with van der Waals surface area (Å²) in [6.07, 6.45) is 0.961. The fourth-order valence-electron chi connectivity index (χ4n) is 3.75. The Balaban J connectivity index is 1.48. The monoisotopic (exact) mass is 421 g/mol. The Morgan fingerprint density at radius 1 is 1.10 bits per heavy atom. The van der Waals surface area contributed by atoms with Crippen LogP contribution in [0, 0.1) is 0 Å². The molecule has 0 unspecified atom stereocenters. The van der Waals surface area contributed by atoms with Crippen LogP contribution in [0.15, 0.2) is 60.7 Å². The number of hydrogen-bond donors (Lipinski definition) is 1. The molecule has 0 amide bonds. The third-order valence-electron chi connectivity index (χ3n) is 5.47. The molecule has 0 saturated carbocycles. The molecule has 3 aromatic carbocycles. The number of nitrogens with zero attached hydrogens (tertiary/aromatic N) is 1. The molecule has 0 saturated heterocycles. The van der Waals surface area contributed by atoms with Crippen molar-refractivity contribution in [3.8, 4) is 11.5 Å². The van der Waals surface area contributed by atoms with E-state index in [4.69, 9.17) is 21.4 Å². The second-order valence-corrected chi connectivity index (χ2v) is 8.32. The number of fused-ring (bicyclic) bond motifs is 1. The van der Waals surface area contributed by atoms with E-state index in [0.717, 1.165) is 19.5 Å². The first-order valence-electron chi connectivity index (χ1n) is 10.1. The van der Waals surface area contributed by atoms with Crippen LogP contribution < -0.4 is 9.64 Å². The van der Waals surface area contributed by atoms with Crippen molar-refractivity contribution in [1.82, 2.24) is 0 Å². The van der Waals surface area contributed by atoms with Gasteiger partial charge in [-0.3, -0.25) is 0 Å². The first kappa shape index (κ1) is 20.3. The highest BCUT2D eigenvalue weighted by atomic mass is 35.5. The van der Waals surface area contributed by atoms with Crippen LogP contribution in [-0.4, -0.2) is 17.6 Å². The number of anilines is 1. The summed E-state index contributed by atoms with van der Waals surface area (Å²) in [6, 6.07) is 19.4. The topological polar surface area (TPSA) is 49.8 Å². The number of carboxylic acids is 1. The molecule has 4 nitrogen and oxygen atoms in total. The van der Waals surface area contributed by atoms with Gasteiger partial charge in [0.25, 0.3) is 0 Å². The molecule has 154 valence electrons. The van der Waals surface area contributed by atoms with Gasteiger partial charge < -0.3 is 14.7 Å². The molecule has 5 heteroatoms. The van der Waals surface area contributed by atoms with Gasteiger partial charge in [-0.2, -0.15) is 0 Å². The molecule has 1 aliphatic heterocycles. The molecule has 1 N–H and O–H groups in total. The molecule has 1 aliphatic rings. The van der Waals surface area contributed by atoms with E-state index in [9.17, 15) is 4.79 Å². The molecular formula is C25H24ClNO3. The van der Waals surface area contributed by atoms with E-state index in [1.54, 1.807) is 6.07 Å². The minimum atomic E-state index is -1.01. The maximum atomic E-state index is 11.1. The fourth-order valence-corrected chi connectivity index (χ4v) is 3.97. The van der Waals surface area contributed by atoms with Crippen molar-refractivity contribution in [2.24, 2.45) is 0 Å². The van der Waals surface area contributed by atoms with Crippen LogP contribution in [-0.2, 0) is 13.0 Å². The van der Waals surface area contributed by atoms with Crippen molar-refractivity contribution in [2.75, 3.05) is 11.4 Å². The minimum absolute atomic E-state index is 0.137. The van der Waals surface area contributed by atoms with Gasteiger partial charge >= 0.3 is 5.97 Å². The largest absolute Gasteiger partial charge is 0.478 e. The minimum Gasteiger partial charge on any atom is -0.478 e. The highest BCUT2D eigenvalue weighted by molar-refractivity contribution is 6.32. The van der Waals surface area contributed by atoms with E-state index in [0.29, 0.717) is 17.4 Å². The zero-order chi connectivity index (χ0) is 21.3. The van der Waals surface area contributed by atoms with E-state index in [1.807, 2.05) is 12.1 Å². The predicted octanol–water partition coefficient (Wildman–Crippen LogP) is 6.52. The molecule has 0 atom stereocenters. The Bertz CT molecular complexity index is 1080. The van der Waals surface area contributed by atoms with Crippen LogP contribution in [0.5, 0.6) is 11.5 Å². The molecule has 0 spiro atoms. The molecule has 30 heavy (non-hydrogen) atoms. The molecular weight excluding hydrogens is 398 g/mol. The quantitative estimate of drug-likeness (QED) is 0.492. The molecule has 1 heterocycles. The maximum Gasteiger partial charge on any atom is 0.335 e. The summed E-state index contributed by atoms with van der Waals surface area (Å²) in [5.74, 6) is 0.669. The average molecular weight is 422 g/mol. The summed E-state index contributed by atoms with van der Waals surface area (Å²) >= 11 is 6.19. The van der Waals surface area contributed by atoms with Gasteiger partial charge in [0.05, 0.1) is 10.6 Å². The van der Waals surface area contributed by atoms with E-state index in [2.05, 4.69) is 49.1 Å². The van der Waals surface area contributed by atoms with E-state index in [1.165, 1.54) is 34.5 Å². The SMILES string of the molecule is CC(C)c1ccc(CN2CCc3cc(Oc4ccc(C(=O)O)cc4Cl)ccc32)cc1. The summed E-state index contributed by atoms with van der Waals surface area (Å²) in [7, 11) is 0. The number of halogens is 1. The van der Waals surface area contributed by atoms with Crippen LogP contribution in [0.3, 0.4) is 0 Å². The van der Waals surface area contributed by atoms with Crippen LogP contribution in [0.4, 0.5) is 5.69 Å². The van der Waals surface area contributed by atoms with Gasteiger partial charge in [0.1, 0.15) is 11.5 Å². The van der Waals surface area contributed by atoms with Crippen molar-refractivity contribution in [1.29, 1.82) is 0 Å². The summed E-state index contributed by atoms with van der Waals surface area (Å²) in [5, 5.41) is 9.34. The van der Waals surface area contributed by atoms with Crippen LogP contribution >= 0.6 is 11.6 Å². The Hall–Kier alpha value is -2.98. The number of carboxylic acid groups (broad SMARTS) is 1. The van der Waals surface area contributed by atoms with Gasteiger partial charge in [-0.05, 0) is 65.4 Å². The summed E-state index contributed by atoms with van der Waals surface area (Å²) in [6.45, 7) is 6.27. The van der Waals surface area contributed by atoms with E-state index < -0.39 is 5.97 Å². The lowest BCUT2D eigenvalue weighted by atomic mass is 10.0. The lowest BCUT2D eigenvalue weighted by Crippen LogP contribution is -2.19. The third-order valence-corrected chi connectivity index (χ3v) is 5.76.